The fraction of sp³-hybridized carbons (Fsp3) is 0.533. The molecule has 0 radical (unpaired) electrons. The molecule has 4 N–H and O–H groups in total. The molecule has 0 aliphatic heterocycles. The number of ether oxygens (including phenoxy) is 1. The minimum absolute atomic E-state index is 0.0570. The molecular weight excluding hydrogens is 259 g/mol. The Labute approximate surface area is 118 Å². The van der Waals surface area contributed by atoms with Crippen LogP contribution in [0.25, 0.3) is 0 Å². The first kappa shape index (κ1) is 14.8. The van der Waals surface area contributed by atoms with E-state index in [0.29, 0.717) is 30.8 Å². The predicted octanol–water partition coefficient (Wildman–Crippen LogP) is 1.89. The number of rotatable bonds is 5. The maximum Gasteiger partial charge on any atom is 0.237 e. The summed E-state index contributed by atoms with van der Waals surface area (Å²) < 4.78 is 18.7. The van der Waals surface area contributed by atoms with Gasteiger partial charge >= 0.3 is 0 Å². The summed E-state index contributed by atoms with van der Waals surface area (Å²) in [7, 11) is 0. The molecule has 0 heterocycles. The smallest absolute Gasteiger partial charge is 0.237 e. The van der Waals surface area contributed by atoms with E-state index in [9.17, 15) is 9.18 Å². The van der Waals surface area contributed by atoms with Crippen molar-refractivity contribution in [3.63, 3.8) is 0 Å². The molecule has 4 nitrogen and oxygen atoms in total. The van der Waals surface area contributed by atoms with E-state index in [1.165, 1.54) is 6.07 Å². The first-order valence-electron chi connectivity index (χ1n) is 6.91. The second-order valence-electron chi connectivity index (χ2n) is 5.54. The molecular formula is C15H21FN2O2. The number of carbonyl (C=O) groups is 1. The maximum absolute atomic E-state index is 13.1. The predicted molar refractivity (Wildman–Crippen MR) is 74.7 cm³/mol. The molecule has 2 unspecified atom stereocenters. The Hall–Kier alpha value is -1.62. The minimum Gasteiger partial charge on any atom is -0.494 e. The summed E-state index contributed by atoms with van der Waals surface area (Å²) in [5.41, 5.74) is 11.1. The van der Waals surface area contributed by atoms with Crippen molar-refractivity contribution in [1.29, 1.82) is 0 Å². The zero-order chi connectivity index (χ0) is 14.8. The van der Waals surface area contributed by atoms with Crippen molar-refractivity contribution in [3.05, 3.63) is 29.6 Å². The lowest BCUT2D eigenvalue weighted by Crippen LogP contribution is -2.54. The molecule has 1 aromatic carbocycles. The summed E-state index contributed by atoms with van der Waals surface area (Å²) in [6.07, 6.45) is 3.13. The monoisotopic (exact) mass is 280 g/mol. The van der Waals surface area contributed by atoms with Crippen molar-refractivity contribution in [1.82, 2.24) is 0 Å². The molecule has 1 aromatic rings. The number of halogens is 1. The van der Waals surface area contributed by atoms with Crippen LogP contribution in [0.3, 0.4) is 0 Å². The Morgan fingerprint density at radius 3 is 2.95 bits per heavy atom. The molecule has 1 amide bonds. The Kier molecular flexibility index (Phi) is 4.28. The normalized spacial score (nSPS) is 25.6. The van der Waals surface area contributed by atoms with E-state index < -0.39 is 11.4 Å². The fourth-order valence-electron chi connectivity index (χ4n) is 2.85. The largest absolute Gasteiger partial charge is 0.494 e. The van der Waals surface area contributed by atoms with E-state index in [1.807, 2.05) is 0 Å². The Morgan fingerprint density at radius 1 is 1.55 bits per heavy atom. The van der Waals surface area contributed by atoms with Crippen molar-refractivity contribution >= 4 is 5.91 Å². The average Bonchev–Trinajstić information content (AvgIpc) is 2.77. The number of hydrogen-bond acceptors (Lipinski definition) is 3. The van der Waals surface area contributed by atoms with Crippen molar-refractivity contribution in [2.45, 2.75) is 38.1 Å². The van der Waals surface area contributed by atoms with Crippen LogP contribution in [-0.4, -0.2) is 18.1 Å². The van der Waals surface area contributed by atoms with Gasteiger partial charge in [0.1, 0.15) is 11.6 Å². The van der Waals surface area contributed by atoms with E-state index in [2.05, 4.69) is 0 Å². The third kappa shape index (κ3) is 2.93. The molecule has 0 spiro atoms. The highest BCUT2D eigenvalue weighted by atomic mass is 19.1. The van der Waals surface area contributed by atoms with Crippen molar-refractivity contribution in [2.24, 2.45) is 17.4 Å². The van der Waals surface area contributed by atoms with E-state index in [-0.39, 0.29) is 11.7 Å². The fourth-order valence-corrected chi connectivity index (χ4v) is 2.85. The molecule has 2 atom stereocenters. The number of primary amides is 1. The van der Waals surface area contributed by atoms with Gasteiger partial charge in [-0.15, -0.1) is 0 Å². The molecule has 2 rings (SSSR count). The quantitative estimate of drug-likeness (QED) is 0.864. The van der Waals surface area contributed by atoms with Gasteiger partial charge in [-0.3, -0.25) is 4.79 Å². The summed E-state index contributed by atoms with van der Waals surface area (Å²) in [5.74, 6) is 0.00520. The molecule has 1 aliphatic rings. The topological polar surface area (TPSA) is 78.3 Å². The molecule has 0 bridgehead atoms. The van der Waals surface area contributed by atoms with Crippen LogP contribution in [0.5, 0.6) is 5.75 Å². The van der Waals surface area contributed by atoms with Gasteiger partial charge < -0.3 is 16.2 Å². The van der Waals surface area contributed by atoms with Gasteiger partial charge in [0.05, 0.1) is 12.1 Å². The standard InChI is InChI=1S/C15H21FN2O2/c1-10-9-12(4-5-13(10)16)20-8-6-11-3-2-7-15(11,18)14(17)19/h4-5,9,11H,2-3,6-8,18H2,1H3,(H2,17,19). The number of carbonyl (C=O) groups excluding carboxylic acids is 1. The summed E-state index contributed by atoms with van der Waals surface area (Å²) in [6.45, 7) is 2.14. The molecule has 0 saturated heterocycles. The minimum atomic E-state index is -0.901. The first-order chi connectivity index (χ1) is 9.43. The molecule has 1 aliphatic carbocycles. The number of aryl methyl sites for hydroxylation is 1. The molecule has 20 heavy (non-hydrogen) atoms. The number of hydrogen-bond donors (Lipinski definition) is 2. The van der Waals surface area contributed by atoms with Crippen LogP contribution in [0, 0.1) is 18.7 Å². The van der Waals surface area contributed by atoms with Gasteiger partial charge in [0.25, 0.3) is 0 Å². The molecule has 110 valence electrons. The van der Waals surface area contributed by atoms with Crippen molar-refractivity contribution in [2.75, 3.05) is 6.61 Å². The summed E-state index contributed by atoms with van der Waals surface area (Å²) in [4.78, 5) is 11.5. The summed E-state index contributed by atoms with van der Waals surface area (Å²) >= 11 is 0. The SMILES string of the molecule is Cc1cc(OCCC2CCCC2(N)C(N)=O)ccc1F. The third-order valence-corrected chi connectivity index (χ3v) is 4.19. The van der Waals surface area contributed by atoms with Gasteiger partial charge in [0.2, 0.25) is 5.91 Å². The zero-order valence-corrected chi connectivity index (χ0v) is 11.7. The highest BCUT2D eigenvalue weighted by Gasteiger charge is 2.43. The van der Waals surface area contributed by atoms with Gasteiger partial charge in [0.15, 0.2) is 0 Å². The van der Waals surface area contributed by atoms with Gasteiger partial charge in [-0.1, -0.05) is 6.42 Å². The van der Waals surface area contributed by atoms with Crippen molar-refractivity contribution < 1.29 is 13.9 Å². The summed E-state index contributed by atoms with van der Waals surface area (Å²) in [5, 5.41) is 0. The van der Waals surface area contributed by atoms with E-state index in [0.717, 1.165) is 12.8 Å². The number of nitrogens with two attached hydrogens (primary N) is 2. The van der Waals surface area contributed by atoms with Crippen LogP contribution in [0.2, 0.25) is 0 Å². The second kappa shape index (κ2) is 5.79. The van der Waals surface area contributed by atoms with E-state index >= 15 is 0 Å². The molecule has 1 fully saturated rings. The lowest BCUT2D eigenvalue weighted by Gasteiger charge is -2.27. The zero-order valence-electron chi connectivity index (χ0n) is 11.7. The van der Waals surface area contributed by atoms with Crippen LogP contribution in [-0.2, 0) is 4.79 Å². The van der Waals surface area contributed by atoms with Gasteiger partial charge in [-0.2, -0.15) is 0 Å². The van der Waals surface area contributed by atoms with E-state index in [1.54, 1.807) is 19.1 Å². The van der Waals surface area contributed by atoms with Crippen LogP contribution in [0.4, 0.5) is 4.39 Å². The Balaban J connectivity index is 1.89. The Morgan fingerprint density at radius 2 is 2.30 bits per heavy atom. The van der Waals surface area contributed by atoms with Crippen LogP contribution in [0.15, 0.2) is 18.2 Å². The van der Waals surface area contributed by atoms with Crippen LogP contribution >= 0.6 is 0 Å². The van der Waals surface area contributed by atoms with Crippen LogP contribution in [0.1, 0.15) is 31.2 Å². The Bertz CT molecular complexity index is 507. The lowest BCUT2D eigenvalue weighted by atomic mass is 9.85. The molecule has 0 aromatic heterocycles. The molecule has 1 saturated carbocycles. The molecule has 5 heteroatoms. The highest BCUT2D eigenvalue weighted by molar-refractivity contribution is 5.85. The van der Waals surface area contributed by atoms with Gasteiger partial charge in [-0.25, -0.2) is 4.39 Å². The highest BCUT2D eigenvalue weighted by Crippen LogP contribution is 2.35. The average molecular weight is 280 g/mol. The van der Waals surface area contributed by atoms with Gasteiger partial charge in [0, 0.05) is 0 Å². The second-order valence-corrected chi connectivity index (χ2v) is 5.54. The number of benzene rings is 1. The van der Waals surface area contributed by atoms with Crippen LogP contribution < -0.4 is 16.2 Å². The third-order valence-electron chi connectivity index (χ3n) is 4.19. The van der Waals surface area contributed by atoms with Crippen molar-refractivity contribution in [3.8, 4) is 5.75 Å². The number of amides is 1. The first-order valence-corrected chi connectivity index (χ1v) is 6.91. The summed E-state index contributed by atoms with van der Waals surface area (Å²) in [6, 6.07) is 4.64. The maximum atomic E-state index is 13.1. The lowest BCUT2D eigenvalue weighted by molar-refractivity contribution is -0.124. The van der Waals surface area contributed by atoms with Gasteiger partial charge in [-0.05, 0) is 55.9 Å². The van der Waals surface area contributed by atoms with E-state index in [4.69, 9.17) is 16.2 Å².